The molecule has 1 amide bonds. The van der Waals surface area contributed by atoms with Crippen molar-refractivity contribution in [3.05, 3.63) is 69.7 Å². The third kappa shape index (κ3) is 5.72. The third-order valence-corrected chi connectivity index (χ3v) is 4.92. The van der Waals surface area contributed by atoms with Gasteiger partial charge < -0.3 is 14.8 Å². The quantitative estimate of drug-likeness (QED) is 0.321. The standard InChI is InChI=1S/C23H23BrN2O3/c1-5-10-29-22-13-19(24)17(12-21(22)28-6-2)11-18(14-25)23(27)26-20-9-7-8-15(3)16(20)4/h5,7-9,11-13H,1,6,10H2,2-4H3,(H,26,27)/b18-11+. The third-order valence-electron chi connectivity index (χ3n) is 4.24. The van der Waals surface area contributed by atoms with Gasteiger partial charge in [0.2, 0.25) is 0 Å². The first-order valence-corrected chi connectivity index (χ1v) is 9.89. The number of nitrogens with one attached hydrogen (secondary N) is 1. The first-order valence-electron chi connectivity index (χ1n) is 9.10. The van der Waals surface area contributed by atoms with Gasteiger partial charge in [0, 0.05) is 10.2 Å². The van der Waals surface area contributed by atoms with Gasteiger partial charge in [0.15, 0.2) is 11.5 Å². The number of ether oxygens (including phenoxy) is 2. The molecule has 0 aliphatic carbocycles. The topological polar surface area (TPSA) is 71.3 Å². The lowest BCUT2D eigenvalue weighted by Gasteiger charge is -2.13. The Morgan fingerprint density at radius 2 is 2.00 bits per heavy atom. The Hall–Kier alpha value is -3.04. The van der Waals surface area contributed by atoms with Gasteiger partial charge in [-0.1, -0.05) is 40.7 Å². The molecule has 2 aromatic rings. The number of anilines is 1. The first-order chi connectivity index (χ1) is 13.9. The minimum atomic E-state index is -0.474. The predicted octanol–water partition coefficient (Wildman–Crippen LogP) is 5.58. The average molecular weight is 455 g/mol. The first kappa shape index (κ1) is 22.3. The van der Waals surface area contributed by atoms with Gasteiger partial charge in [0.1, 0.15) is 18.2 Å². The molecule has 2 aromatic carbocycles. The second kappa shape index (κ2) is 10.5. The molecule has 6 heteroatoms. The highest BCUT2D eigenvalue weighted by atomic mass is 79.9. The van der Waals surface area contributed by atoms with E-state index in [4.69, 9.17) is 9.47 Å². The molecule has 0 aliphatic rings. The van der Waals surface area contributed by atoms with Crippen molar-refractivity contribution in [2.75, 3.05) is 18.5 Å². The molecule has 0 heterocycles. The summed E-state index contributed by atoms with van der Waals surface area (Å²) >= 11 is 3.47. The Kier molecular flexibility index (Phi) is 8.05. The Balaban J connectivity index is 2.37. The zero-order valence-electron chi connectivity index (χ0n) is 16.7. The lowest BCUT2D eigenvalue weighted by molar-refractivity contribution is -0.112. The highest BCUT2D eigenvalue weighted by molar-refractivity contribution is 9.10. The maximum absolute atomic E-state index is 12.7. The second-order valence-electron chi connectivity index (χ2n) is 6.22. The van der Waals surface area contributed by atoms with Crippen molar-refractivity contribution in [1.82, 2.24) is 0 Å². The molecule has 0 fully saturated rings. The van der Waals surface area contributed by atoms with E-state index in [0.29, 0.717) is 40.4 Å². The zero-order valence-corrected chi connectivity index (χ0v) is 18.3. The van der Waals surface area contributed by atoms with Crippen molar-refractivity contribution >= 4 is 33.6 Å². The van der Waals surface area contributed by atoms with Crippen molar-refractivity contribution in [3.8, 4) is 17.6 Å². The van der Waals surface area contributed by atoms with Crippen molar-refractivity contribution < 1.29 is 14.3 Å². The van der Waals surface area contributed by atoms with Crippen molar-refractivity contribution in [1.29, 1.82) is 5.26 Å². The SMILES string of the molecule is C=CCOc1cc(Br)c(/C=C(\C#N)C(=O)Nc2cccc(C)c2C)cc1OCC. The minimum Gasteiger partial charge on any atom is -0.490 e. The van der Waals surface area contributed by atoms with Crippen LogP contribution in [0.4, 0.5) is 5.69 Å². The van der Waals surface area contributed by atoms with Gasteiger partial charge in [0.25, 0.3) is 5.91 Å². The van der Waals surface area contributed by atoms with Crippen LogP contribution < -0.4 is 14.8 Å². The van der Waals surface area contributed by atoms with Gasteiger partial charge in [-0.05, 0) is 61.7 Å². The van der Waals surface area contributed by atoms with E-state index in [1.807, 2.05) is 45.0 Å². The van der Waals surface area contributed by atoms with E-state index in [2.05, 4.69) is 27.8 Å². The summed E-state index contributed by atoms with van der Waals surface area (Å²) in [5.41, 5.74) is 3.31. The highest BCUT2D eigenvalue weighted by Crippen LogP contribution is 2.35. The maximum Gasteiger partial charge on any atom is 0.266 e. The smallest absolute Gasteiger partial charge is 0.266 e. The van der Waals surface area contributed by atoms with Gasteiger partial charge in [0.05, 0.1) is 6.61 Å². The normalized spacial score (nSPS) is 10.8. The van der Waals surface area contributed by atoms with Crippen LogP contribution in [0.5, 0.6) is 11.5 Å². The fourth-order valence-electron chi connectivity index (χ4n) is 2.57. The molecule has 2 rings (SSSR count). The summed E-state index contributed by atoms with van der Waals surface area (Å²) in [6.07, 6.45) is 3.16. The number of rotatable bonds is 8. The molecule has 0 aromatic heterocycles. The van der Waals surface area contributed by atoms with Gasteiger partial charge in [-0.25, -0.2) is 0 Å². The summed E-state index contributed by atoms with van der Waals surface area (Å²) in [5, 5.41) is 12.3. The molecule has 0 radical (unpaired) electrons. The highest BCUT2D eigenvalue weighted by Gasteiger charge is 2.15. The summed E-state index contributed by atoms with van der Waals surface area (Å²) in [5.74, 6) is 0.600. The minimum absolute atomic E-state index is 0.0196. The molecule has 0 saturated heterocycles. The second-order valence-corrected chi connectivity index (χ2v) is 7.08. The van der Waals surface area contributed by atoms with Crippen LogP contribution in [-0.4, -0.2) is 19.1 Å². The molecule has 5 nitrogen and oxygen atoms in total. The van der Waals surface area contributed by atoms with Crippen LogP contribution in [0.3, 0.4) is 0 Å². The summed E-state index contributed by atoms with van der Waals surface area (Å²) in [7, 11) is 0. The lowest BCUT2D eigenvalue weighted by atomic mass is 10.1. The molecule has 0 saturated carbocycles. The number of hydrogen-bond acceptors (Lipinski definition) is 4. The number of benzene rings is 2. The number of aryl methyl sites for hydroxylation is 1. The van der Waals surface area contributed by atoms with E-state index in [-0.39, 0.29) is 5.57 Å². The number of amides is 1. The van der Waals surface area contributed by atoms with E-state index in [1.54, 1.807) is 18.2 Å². The molecule has 1 N–H and O–H groups in total. The lowest BCUT2D eigenvalue weighted by Crippen LogP contribution is -2.14. The summed E-state index contributed by atoms with van der Waals surface area (Å²) in [6, 6.07) is 11.1. The van der Waals surface area contributed by atoms with Crippen LogP contribution in [-0.2, 0) is 4.79 Å². The fourth-order valence-corrected chi connectivity index (χ4v) is 3.01. The molecular weight excluding hydrogens is 432 g/mol. The van der Waals surface area contributed by atoms with E-state index < -0.39 is 5.91 Å². The monoisotopic (exact) mass is 454 g/mol. The Bertz CT molecular complexity index is 990. The van der Waals surface area contributed by atoms with Crippen molar-refractivity contribution in [2.24, 2.45) is 0 Å². The fraction of sp³-hybridized carbons (Fsp3) is 0.217. The van der Waals surface area contributed by atoms with E-state index >= 15 is 0 Å². The van der Waals surface area contributed by atoms with Gasteiger partial charge >= 0.3 is 0 Å². The van der Waals surface area contributed by atoms with E-state index in [0.717, 1.165) is 11.1 Å². The Labute approximate surface area is 179 Å². The van der Waals surface area contributed by atoms with E-state index in [1.165, 1.54) is 6.08 Å². The molecule has 0 spiro atoms. The van der Waals surface area contributed by atoms with Gasteiger partial charge in [-0.3, -0.25) is 4.79 Å². The molecular formula is C23H23BrN2O3. The summed E-state index contributed by atoms with van der Waals surface area (Å²) < 4.78 is 11.9. The average Bonchev–Trinajstić information content (AvgIpc) is 2.70. The van der Waals surface area contributed by atoms with Crippen LogP contribution in [0.25, 0.3) is 6.08 Å². The van der Waals surface area contributed by atoms with E-state index in [9.17, 15) is 10.1 Å². The van der Waals surface area contributed by atoms with Crippen molar-refractivity contribution in [2.45, 2.75) is 20.8 Å². The Morgan fingerprint density at radius 1 is 1.28 bits per heavy atom. The van der Waals surface area contributed by atoms with Crippen LogP contribution in [0.1, 0.15) is 23.6 Å². The van der Waals surface area contributed by atoms with Crippen LogP contribution in [0, 0.1) is 25.2 Å². The molecule has 0 bridgehead atoms. The number of carbonyl (C=O) groups is 1. The largest absolute Gasteiger partial charge is 0.490 e. The molecule has 0 unspecified atom stereocenters. The van der Waals surface area contributed by atoms with Gasteiger partial charge in [-0.2, -0.15) is 5.26 Å². The number of nitriles is 1. The molecule has 29 heavy (non-hydrogen) atoms. The van der Waals surface area contributed by atoms with Crippen molar-refractivity contribution in [3.63, 3.8) is 0 Å². The number of halogens is 1. The molecule has 0 aliphatic heterocycles. The number of hydrogen-bond donors (Lipinski definition) is 1. The Morgan fingerprint density at radius 3 is 2.66 bits per heavy atom. The number of nitrogens with zero attached hydrogens (tertiary/aromatic N) is 1. The van der Waals surface area contributed by atoms with Crippen LogP contribution in [0.15, 0.2) is 53.0 Å². The zero-order chi connectivity index (χ0) is 21.4. The predicted molar refractivity (Wildman–Crippen MR) is 119 cm³/mol. The van der Waals surface area contributed by atoms with Crippen LogP contribution >= 0.6 is 15.9 Å². The molecule has 150 valence electrons. The molecule has 0 atom stereocenters. The summed E-state index contributed by atoms with van der Waals surface area (Å²) in [6.45, 7) is 10.2. The van der Waals surface area contributed by atoms with Gasteiger partial charge in [-0.15, -0.1) is 0 Å². The number of carbonyl (C=O) groups excluding carboxylic acids is 1. The van der Waals surface area contributed by atoms with Crippen LogP contribution in [0.2, 0.25) is 0 Å². The summed E-state index contributed by atoms with van der Waals surface area (Å²) in [4.78, 5) is 12.7. The maximum atomic E-state index is 12.7.